The Labute approximate surface area is 136 Å². The summed E-state index contributed by atoms with van der Waals surface area (Å²) in [4.78, 5) is 25.3. The maximum Gasteiger partial charge on any atom is 0.332 e. The van der Waals surface area contributed by atoms with Gasteiger partial charge in [0.05, 0.1) is 4.92 Å². The molecule has 2 aliphatic rings. The number of rotatable bonds is 4. The molecule has 0 saturated carbocycles. The van der Waals surface area contributed by atoms with Gasteiger partial charge in [-0.25, -0.2) is 4.79 Å². The smallest absolute Gasteiger partial charge is 0.332 e. The summed E-state index contributed by atoms with van der Waals surface area (Å²) >= 11 is 1.52. The van der Waals surface area contributed by atoms with Crippen molar-refractivity contribution in [1.82, 2.24) is 0 Å². The molecule has 3 atom stereocenters. The second-order valence-electron chi connectivity index (χ2n) is 5.35. The number of esters is 1. The lowest BCUT2D eigenvalue weighted by molar-refractivity contribution is -0.384. The van der Waals surface area contributed by atoms with Gasteiger partial charge in [0.25, 0.3) is 5.69 Å². The lowest BCUT2D eigenvalue weighted by atomic mass is 10.3. The van der Waals surface area contributed by atoms with E-state index < -0.39 is 4.92 Å². The predicted molar refractivity (Wildman–Crippen MR) is 85.3 cm³/mol. The van der Waals surface area contributed by atoms with Gasteiger partial charge >= 0.3 is 5.97 Å². The normalized spacial score (nSPS) is 25.0. The molecule has 6 nitrogen and oxygen atoms in total. The molecule has 0 N–H and O–H groups in total. The van der Waals surface area contributed by atoms with Gasteiger partial charge in [-0.1, -0.05) is 30.0 Å². The fourth-order valence-corrected chi connectivity index (χ4v) is 3.99. The molecule has 0 amide bonds. The number of hydrogen-bond acceptors (Lipinski definition) is 6. The van der Waals surface area contributed by atoms with Gasteiger partial charge in [0.2, 0.25) is 0 Å². The summed E-state index contributed by atoms with van der Waals surface area (Å²) in [5, 5.41) is 10.7. The fraction of sp³-hybridized carbons (Fsp3) is 0.188. The highest BCUT2D eigenvalue weighted by molar-refractivity contribution is 7.99. The van der Waals surface area contributed by atoms with Crippen LogP contribution in [0.1, 0.15) is 0 Å². The zero-order valence-corrected chi connectivity index (χ0v) is 12.7. The van der Waals surface area contributed by atoms with Crippen LogP contribution in [0.5, 0.6) is 0 Å². The summed E-state index contributed by atoms with van der Waals surface area (Å²) in [6.45, 7) is 0. The number of cyclic esters (lactones) is 1. The summed E-state index contributed by atoms with van der Waals surface area (Å²) in [7, 11) is 0. The van der Waals surface area contributed by atoms with Crippen LogP contribution in [0.2, 0.25) is 0 Å². The van der Waals surface area contributed by atoms with E-state index in [1.54, 1.807) is 12.1 Å². The molecule has 2 aromatic rings. The first kappa shape index (κ1) is 14.1. The third-order valence-electron chi connectivity index (χ3n) is 3.96. The number of nitro groups is 1. The maximum atomic E-state index is 12.0. The van der Waals surface area contributed by atoms with E-state index in [0.29, 0.717) is 0 Å². The molecule has 0 aliphatic carbocycles. The van der Waals surface area contributed by atoms with Crippen molar-refractivity contribution in [3.8, 4) is 0 Å². The van der Waals surface area contributed by atoms with Crippen LogP contribution in [0.4, 0.5) is 11.4 Å². The molecule has 4 rings (SSSR count). The standard InChI is InChI=1S/C16H12N2O4S/c19-15-13-14(16(22-15)23-12-4-2-1-3-5-12)17(13)10-6-8-11(9-7-10)18(20)21/h1-9,13-14,16H/t13-,14+,16-,17?/m0/s1. The summed E-state index contributed by atoms with van der Waals surface area (Å²) in [6.07, 6.45) is 0. The summed E-state index contributed by atoms with van der Waals surface area (Å²) in [5.41, 5.74) is 0.588. The number of nitro benzene ring substituents is 1. The highest BCUT2D eigenvalue weighted by Gasteiger charge is 2.64. The van der Waals surface area contributed by atoms with Crippen molar-refractivity contribution >= 4 is 29.1 Å². The number of anilines is 1. The zero-order valence-electron chi connectivity index (χ0n) is 11.9. The van der Waals surface area contributed by atoms with Crippen LogP contribution < -0.4 is 4.90 Å². The van der Waals surface area contributed by atoms with Gasteiger partial charge in [-0.05, 0) is 24.3 Å². The number of non-ortho nitro benzene ring substituents is 1. The minimum atomic E-state index is -0.435. The molecule has 2 saturated heterocycles. The van der Waals surface area contributed by atoms with Crippen LogP contribution in [0, 0.1) is 10.1 Å². The molecule has 23 heavy (non-hydrogen) atoms. The van der Waals surface area contributed by atoms with Crippen molar-refractivity contribution in [3.63, 3.8) is 0 Å². The first-order valence-electron chi connectivity index (χ1n) is 7.10. The van der Waals surface area contributed by atoms with E-state index in [-0.39, 0.29) is 29.2 Å². The second kappa shape index (κ2) is 5.27. The van der Waals surface area contributed by atoms with Crippen LogP contribution in [-0.4, -0.2) is 28.4 Å². The molecule has 7 heteroatoms. The Morgan fingerprint density at radius 1 is 1.09 bits per heavy atom. The number of thioether (sulfide) groups is 1. The first-order chi connectivity index (χ1) is 11.1. The van der Waals surface area contributed by atoms with Gasteiger partial charge in [-0.2, -0.15) is 0 Å². The Morgan fingerprint density at radius 3 is 2.43 bits per heavy atom. The SMILES string of the molecule is O=C1O[C@@H](Sc2ccccc2)[C@H]2[C@@H]1N2c1ccc([N+](=O)[O-])cc1. The average Bonchev–Trinajstić information content (AvgIpc) is 3.23. The summed E-state index contributed by atoms with van der Waals surface area (Å²) < 4.78 is 5.42. The van der Waals surface area contributed by atoms with Gasteiger partial charge in [0.15, 0.2) is 11.5 Å². The van der Waals surface area contributed by atoms with Gasteiger partial charge in [-0.3, -0.25) is 10.1 Å². The molecule has 0 bridgehead atoms. The van der Waals surface area contributed by atoms with E-state index in [1.807, 2.05) is 35.2 Å². The average molecular weight is 328 g/mol. The topological polar surface area (TPSA) is 72.5 Å². The maximum absolute atomic E-state index is 12.0. The molecular formula is C16H12N2O4S. The van der Waals surface area contributed by atoms with Crippen molar-refractivity contribution in [2.24, 2.45) is 0 Å². The third kappa shape index (κ3) is 2.43. The van der Waals surface area contributed by atoms with Crippen LogP contribution >= 0.6 is 11.8 Å². The first-order valence-corrected chi connectivity index (χ1v) is 7.98. The quantitative estimate of drug-likeness (QED) is 0.372. The van der Waals surface area contributed by atoms with E-state index >= 15 is 0 Å². The molecule has 2 aliphatic heterocycles. The van der Waals surface area contributed by atoms with Crippen LogP contribution in [0.25, 0.3) is 0 Å². The van der Waals surface area contributed by atoms with Crippen molar-refractivity contribution < 1.29 is 14.5 Å². The number of hydrogen-bond donors (Lipinski definition) is 0. The minimum Gasteiger partial charge on any atom is -0.447 e. The number of ether oxygens (including phenoxy) is 1. The summed E-state index contributed by atoms with van der Waals surface area (Å²) in [6, 6.07) is 15.7. The fourth-order valence-electron chi connectivity index (χ4n) is 2.84. The highest BCUT2D eigenvalue weighted by atomic mass is 32.2. The van der Waals surface area contributed by atoms with Crippen LogP contribution in [-0.2, 0) is 9.53 Å². The van der Waals surface area contributed by atoms with E-state index in [1.165, 1.54) is 23.9 Å². The number of morpholine rings is 1. The Balaban J connectivity index is 1.52. The van der Waals surface area contributed by atoms with Crippen molar-refractivity contribution in [3.05, 3.63) is 64.7 Å². The Hall–Kier alpha value is -2.54. The van der Waals surface area contributed by atoms with Gasteiger partial charge in [0, 0.05) is 22.7 Å². The van der Waals surface area contributed by atoms with Crippen molar-refractivity contribution in [2.75, 3.05) is 4.90 Å². The van der Waals surface area contributed by atoms with E-state index in [9.17, 15) is 14.9 Å². The molecule has 116 valence electrons. The number of carbonyl (C=O) groups excluding carboxylic acids is 1. The molecule has 0 radical (unpaired) electrons. The van der Waals surface area contributed by atoms with Crippen molar-refractivity contribution in [2.45, 2.75) is 22.4 Å². The minimum absolute atomic E-state index is 0.0193. The molecule has 0 aromatic heterocycles. The Kier molecular flexibility index (Phi) is 3.23. The second-order valence-corrected chi connectivity index (χ2v) is 6.52. The number of fused-ring (bicyclic) bond motifs is 1. The number of carbonyl (C=O) groups is 1. The lowest BCUT2D eigenvalue weighted by Gasteiger charge is -2.17. The zero-order chi connectivity index (χ0) is 16.0. The van der Waals surface area contributed by atoms with Crippen LogP contribution in [0.15, 0.2) is 59.5 Å². The molecular weight excluding hydrogens is 316 g/mol. The van der Waals surface area contributed by atoms with Gasteiger partial charge < -0.3 is 9.64 Å². The van der Waals surface area contributed by atoms with E-state index in [4.69, 9.17) is 4.74 Å². The van der Waals surface area contributed by atoms with E-state index in [2.05, 4.69) is 0 Å². The molecule has 2 heterocycles. The lowest BCUT2D eigenvalue weighted by Crippen LogP contribution is -2.21. The molecule has 2 aromatic carbocycles. The monoisotopic (exact) mass is 328 g/mol. The predicted octanol–water partition coefficient (Wildman–Crippen LogP) is 2.83. The van der Waals surface area contributed by atoms with Gasteiger partial charge in [0.1, 0.15) is 6.04 Å². The number of benzene rings is 2. The largest absolute Gasteiger partial charge is 0.447 e. The summed E-state index contributed by atoms with van der Waals surface area (Å²) in [5.74, 6) is -0.234. The Bertz CT molecular complexity index is 765. The number of nitrogens with zero attached hydrogens (tertiary/aromatic N) is 2. The molecule has 0 unspecified atom stereocenters. The third-order valence-corrected chi connectivity index (χ3v) is 5.11. The molecule has 2 fully saturated rings. The van der Waals surface area contributed by atoms with Crippen LogP contribution in [0.3, 0.4) is 0 Å². The Morgan fingerprint density at radius 2 is 1.78 bits per heavy atom. The van der Waals surface area contributed by atoms with Gasteiger partial charge in [-0.15, -0.1) is 0 Å². The van der Waals surface area contributed by atoms with Crippen molar-refractivity contribution in [1.29, 1.82) is 0 Å². The van der Waals surface area contributed by atoms with E-state index in [0.717, 1.165) is 10.6 Å². The molecule has 0 spiro atoms. The highest BCUT2D eigenvalue weighted by Crippen LogP contribution is 2.48.